The Morgan fingerprint density at radius 3 is 2.56 bits per heavy atom. The molecule has 96 valence electrons. The van der Waals surface area contributed by atoms with Crippen molar-refractivity contribution in [3.05, 3.63) is 41.1 Å². The molecule has 1 heterocycles. The minimum Gasteiger partial charge on any atom is -0.497 e. The number of allylic oxidation sites excluding steroid dienone is 2. The Hall–Kier alpha value is -1.57. The van der Waals surface area contributed by atoms with Crippen LogP contribution in [0.3, 0.4) is 0 Å². The lowest BCUT2D eigenvalue weighted by molar-refractivity contribution is 0.413. The van der Waals surface area contributed by atoms with Crippen molar-refractivity contribution in [2.75, 3.05) is 7.11 Å². The summed E-state index contributed by atoms with van der Waals surface area (Å²) in [5, 5.41) is 0. The molecule has 0 fully saturated rings. The third-order valence-electron chi connectivity index (χ3n) is 3.99. The Balaban J connectivity index is 2.46. The number of benzene rings is 1. The smallest absolute Gasteiger partial charge is 0.119 e. The van der Waals surface area contributed by atoms with Gasteiger partial charge in [-0.2, -0.15) is 0 Å². The predicted octanol–water partition coefficient (Wildman–Crippen LogP) is 4.18. The number of aliphatic imine (C=N–C) groups is 1. The predicted molar refractivity (Wildman–Crippen MR) is 76.4 cm³/mol. The summed E-state index contributed by atoms with van der Waals surface area (Å²) in [7, 11) is 1.71. The molecule has 2 heteroatoms. The molecule has 0 aromatic heterocycles. The minimum atomic E-state index is 0.414. The van der Waals surface area contributed by atoms with Crippen LogP contribution in [0.25, 0.3) is 0 Å². The average molecular weight is 243 g/mol. The molecule has 1 aromatic rings. The third-order valence-corrected chi connectivity index (χ3v) is 3.99. The van der Waals surface area contributed by atoms with E-state index in [2.05, 4.69) is 50.9 Å². The number of ether oxygens (including phenoxy) is 1. The molecule has 2 unspecified atom stereocenters. The minimum absolute atomic E-state index is 0.414. The summed E-state index contributed by atoms with van der Waals surface area (Å²) >= 11 is 0. The quantitative estimate of drug-likeness (QED) is 0.763. The van der Waals surface area contributed by atoms with Crippen molar-refractivity contribution in [1.29, 1.82) is 0 Å². The summed E-state index contributed by atoms with van der Waals surface area (Å²) in [6.07, 6.45) is 0. The fraction of sp³-hybridized carbons (Fsp3) is 0.438. The van der Waals surface area contributed by atoms with Crippen molar-refractivity contribution in [3.8, 4) is 5.75 Å². The lowest BCUT2D eigenvalue weighted by Crippen LogP contribution is -2.22. The van der Waals surface area contributed by atoms with Gasteiger partial charge in [-0.3, -0.25) is 4.99 Å². The highest BCUT2D eigenvalue weighted by molar-refractivity contribution is 5.87. The highest BCUT2D eigenvalue weighted by atomic mass is 16.5. The topological polar surface area (TPSA) is 21.6 Å². The number of nitrogens with zero attached hydrogens (tertiary/aromatic N) is 1. The van der Waals surface area contributed by atoms with Gasteiger partial charge >= 0.3 is 0 Å². The molecule has 0 bridgehead atoms. The lowest BCUT2D eigenvalue weighted by Gasteiger charge is -2.30. The van der Waals surface area contributed by atoms with E-state index in [1.54, 1.807) is 7.11 Å². The fourth-order valence-corrected chi connectivity index (χ4v) is 2.67. The molecule has 0 radical (unpaired) electrons. The molecular formula is C16H21NO. The molecule has 18 heavy (non-hydrogen) atoms. The van der Waals surface area contributed by atoms with E-state index in [4.69, 9.17) is 4.74 Å². The first-order chi connectivity index (χ1) is 8.54. The molecule has 2 rings (SSSR count). The second-order valence-electron chi connectivity index (χ2n) is 5.06. The van der Waals surface area contributed by atoms with E-state index < -0.39 is 0 Å². The van der Waals surface area contributed by atoms with Crippen molar-refractivity contribution < 1.29 is 4.74 Å². The molecule has 2 atom stereocenters. The van der Waals surface area contributed by atoms with Crippen molar-refractivity contribution >= 4 is 5.71 Å². The molecule has 0 N–H and O–H groups in total. The standard InChI is InChI=1S/C16H21NO/c1-10-12(3)17-13(4)11(2)16(10)14-7-6-8-15(9-14)18-5/h6-10,16H,1-5H3. The van der Waals surface area contributed by atoms with Gasteiger partial charge in [0.25, 0.3) is 0 Å². The Labute approximate surface area is 109 Å². The molecule has 0 saturated carbocycles. The maximum atomic E-state index is 5.32. The zero-order valence-electron chi connectivity index (χ0n) is 11.8. The van der Waals surface area contributed by atoms with Crippen molar-refractivity contribution in [2.24, 2.45) is 10.9 Å². The highest BCUT2D eigenvalue weighted by Gasteiger charge is 2.28. The maximum Gasteiger partial charge on any atom is 0.119 e. The van der Waals surface area contributed by atoms with Crippen LogP contribution in [0.4, 0.5) is 0 Å². The van der Waals surface area contributed by atoms with Gasteiger partial charge in [0.1, 0.15) is 5.75 Å². The molecular weight excluding hydrogens is 222 g/mol. The van der Waals surface area contributed by atoms with Crippen LogP contribution in [0.2, 0.25) is 0 Å². The fourth-order valence-electron chi connectivity index (χ4n) is 2.67. The van der Waals surface area contributed by atoms with Gasteiger partial charge in [0, 0.05) is 23.2 Å². The zero-order valence-corrected chi connectivity index (χ0v) is 11.8. The van der Waals surface area contributed by atoms with Gasteiger partial charge in [0.2, 0.25) is 0 Å². The van der Waals surface area contributed by atoms with Gasteiger partial charge in [-0.1, -0.05) is 19.1 Å². The normalized spacial score (nSPS) is 23.9. The van der Waals surface area contributed by atoms with Gasteiger partial charge in [-0.25, -0.2) is 0 Å². The second-order valence-corrected chi connectivity index (χ2v) is 5.06. The van der Waals surface area contributed by atoms with E-state index in [1.165, 1.54) is 16.8 Å². The van der Waals surface area contributed by atoms with Gasteiger partial charge < -0.3 is 4.74 Å². The van der Waals surface area contributed by atoms with Crippen LogP contribution in [0, 0.1) is 5.92 Å². The summed E-state index contributed by atoms with van der Waals surface area (Å²) in [5.74, 6) is 1.78. The van der Waals surface area contributed by atoms with Crippen molar-refractivity contribution in [3.63, 3.8) is 0 Å². The SMILES string of the molecule is COc1cccc(C2C(C)=C(C)N=C(C)C2C)c1. The van der Waals surface area contributed by atoms with E-state index in [9.17, 15) is 0 Å². The van der Waals surface area contributed by atoms with Crippen LogP contribution in [-0.4, -0.2) is 12.8 Å². The van der Waals surface area contributed by atoms with Crippen molar-refractivity contribution in [1.82, 2.24) is 0 Å². The molecule has 1 aliphatic heterocycles. The first-order valence-electron chi connectivity index (χ1n) is 6.41. The molecule has 1 aromatic carbocycles. The van der Waals surface area contributed by atoms with E-state index in [-0.39, 0.29) is 0 Å². The molecule has 0 spiro atoms. The van der Waals surface area contributed by atoms with E-state index >= 15 is 0 Å². The Morgan fingerprint density at radius 2 is 1.89 bits per heavy atom. The number of hydrogen-bond donors (Lipinski definition) is 0. The van der Waals surface area contributed by atoms with Crippen LogP contribution in [0.15, 0.2) is 40.5 Å². The van der Waals surface area contributed by atoms with Gasteiger partial charge in [0.05, 0.1) is 7.11 Å². The lowest BCUT2D eigenvalue weighted by atomic mass is 9.77. The van der Waals surface area contributed by atoms with Crippen LogP contribution in [0.5, 0.6) is 5.75 Å². The van der Waals surface area contributed by atoms with Crippen LogP contribution < -0.4 is 4.74 Å². The Bertz CT molecular complexity index is 514. The van der Waals surface area contributed by atoms with Crippen LogP contribution in [0.1, 0.15) is 39.2 Å². The zero-order chi connectivity index (χ0) is 13.3. The van der Waals surface area contributed by atoms with Crippen LogP contribution >= 0.6 is 0 Å². The summed E-state index contributed by atoms with van der Waals surface area (Å²) in [4.78, 5) is 4.63. The molecule has 0 saturated heterocycles. The Morgan fingerprint density at radius 1 is 1.17 bits per heavy atom. The van der Waals surface area contributed by atoms with Crippen LogP contribution in [-0.2, 0) is 0 Å². The van der Waals surface area contributed by atoms with Gasteiger partial charge in [-0.05, 0) is 44.0 Å². The average Bonchev–Trinajstić information content (AvgIpc) is 2.37. The summed E-state index contributed by atoms with van der Waals surface area (Å²) in [5.41, 5.74) is 5.04. The van der Waals surface area contributed by atoms with E-state index in [0.717, 1.165) is 11.4 Å². The van der Waals surface area contributed by atoms with E-state index in [0.29, 0.717) is 11.8 Å². The molecule has 0 aliphatic carbocycles. The first kappa shape index (κ1) is 12.9. The highest BCUT2D eigenvalue weighted by Crippen LogP contribution is 2.38. The second kappa shape index (κ2) is 4.97. The van der Waals surface area contributed by atoms with Gasteiger partial charge in [0.15, 0.2) is 0 Å². The molecule has 1 aliphatic rings. The number of methoxy groups -OCH3 is 1. The monoisotopic (exact) mass is 243 g/mol. The summed E-state index contributed by atoms with van der Waals surface area (Å²) < 4.78 is 5.32. The summed E-state index contributed by atoms with van der Waals surface area (Å²) in [6, 6.07) is 8.37. The maximum absolute atomic E-state index is 5.32. The summed E-state index contributed by atoms with van der Waals surface area (Å²) in [6.45, 7) is 8.65. The van der Waals surface area contributed by atoms with Gasteiger partial charge in [-0.15, -0.1) is 0 Å². The number of rotatable bonds is 2. The van der Waals surface area contributed by atoms with Crippen molar-refractivity contribution in [2.45, 2.75) is 33.6 Å². The molecule has 0 amide bonds. The first-order valence-corrected chi connectivity index (χ1v) is 6.41. The Kier molecular flexibility index (Phi) is 3.55. The molecule has 2 nitrogen and oxygen atoms in total. The largest absolute Gasteiger partial charge is 0.497 e. The number of hydrogen-bond acceptors (Lipinski definition) is 2. The van der Waals surface area contributed by atoms with E-state index in [1.807, 2.05) is 6.07 Å². The third kappa shape index (κ3) is 2.20.